The Hall–Kier alpha value is -1.59. The van der Waals surface area contributed by atoms with E-state index in [1.807, 2.05) is 38.1 Å². The van der Waals surface area contributed by atoms with Gasteiger partial charge in [0.1, 0.15) is 11.4 Å². The number of amides is 1. The minimum atomic E-state index is -0.511. The van der Waals surface area contributed by atoms with Gasteiger partial charge in [-0.3, -0.25) is 4.79 Å². The zero-order chi connectivity index (χ0) is 15.7. The van der Waals surface area contributed by atoms with Crippen LogP contribution in [-0.2, 0) is 20.7 Å². The minimum Gasteiger partial charge on any atom is -0.494 e. The molecule has 1 atom stereocenters. The van der Waals surface area contributed by atoms with Crippen molar-refractivity contribution >= 4 is 5.91 Å². The number of nitrogens with one attached hydrogen (secondary N) is 1. The molecule has 0 spiro atoms. The molecule has 118 valence electrons. The molecule has 1 N–H and O–H groups in total. The number of carbonyl (C=O) groups excluding carboxylic acids is 1. The van der Waals surface area contributed by atoms with E-state index in [2.05, 4.69) is 5.32 Å². The summed E-state index contributed by atoms with van der Waals surface area (Å²) in [7, 11) is 3.22. The zero-order valence-corrected chi connectivity index (χ0v) is 13.3. The topological polar surface area (TPSA) is 56.8 Å². The van der Waals surface area contributed by atoms with Crippen molar-refractivity contribution < 1.29 is 19.0 Å². The van der Waals surface area contributed by atoms with Crippen LogP contribution in [0.2, 0.25) is 0 Å². The third-order valence-electron chi connectivity index (χ3n) is 3.20. The zero-order valence-electron chi connectivity index (χ0n) is 13.3. The lowest BCUT2D eigenvalue weighted by Crippen LogP contribution is -2.45. The summed E-state index contributed by atoms with van der Waals surface area (Å²) in [5, 5.41) is 2.87. The Kier molecular flexibility index (Phi) is 7.19. The van der Waals surface area contributed by atoms with E-state index < -0.39 is 5.60 Å². The van der Waals surface area contributed by atoms with E-state index in [1.165, 1.54) is 0 Å². The van der Waals surface area contributed by atoms with Crippen LogP contribution in [0, 0.1) is 0 Å². The predicted molar refractivity (Wildman–Crippen MR) is 81.6 cm³/mol. The Morgan fingerprint density at radius 2 is 1.90 bits per heavy atom. The minimum absolute atomic E-state index is 0.0430. The Morgan fingerprint density at radius 1 is 1.24 bits per heavy atom. The van der Waals surface area contributed by atoms with Crippen LogP contribution in [0.3, 0.4) is 0 Å². The fourth-order valence-electron chi connectivity index (χ4n) is 1.89. The summed E-state index contributed by atoms with van der Waals surface area (Å²) in [4.78, 5) is 12.0. The van der Waals surface area contributed by atoms with Gasteiger partial charge >= 0.3 is 0 Å². The molecule has 1 aromatic carbocycles. The Balaban J connectivity index is 2.46. The quantitative estimate of drug-likeness (QED) is 0.754. The van der Waals surface area contributed by atoms with Gasteiger partial charge in [0.15, 0.2) is 0 Å². The first-order valence-corrected chi connectivity index (χ1v) is 7.05. The van der Waals surface area contributed by atoms with Gasteiger partial charge < -0.3 is 19.5 Å². The molecule has 0 aromatic heterocycles. The number of hydrogen-bond donors (Lipinski definition) is 1. The molecule has 5 nitrogen and oxygen atoms in total. The van der Waals surface area contributed by atoms with Crippen molar-refractivity contribution in [3.05, 3.63) is 29.8 Å². The highest BCUT2D eigenvalue weighted by Crippen LogP contribution is 2.13. The van der Waals surface area contributed by atoms with Crippen LogP contribution >= 0.6 is 0 Å². The van der Waals surface area contributed by atoms with Crippen molar-refractivity contribution in [2.24, 2.45) is 0 Å². The summed E-state index contributed by atoms with van der Waals surface area (Å²) in [5.41, 5.74) is 0.435. The maximum Gasteiger partial charge on any atom is 0.224 e. The summed E-state index contributed by atoms with van der Waals surface area (Å²) >= 11 is 0. The lowest BCUT2D eigenvalue weighted by Gasteiger charge is -2.27. The molecule has 5 heteroatoms. The van der Waals surface area contributed by atoms with Crippen molar-refractivity contribution in [3.8, 4) is 5.75 Å². The van der Waals surface area contributed by atoms with Crippen LogP contribution in [-0.4, -0.2) is 45.5 Å². The lowest BCUT2D eigenvalue weighted by atomic mass is 10.1. The van der Waals surface area contributed by atoms with Crippen LogP contribution in [0.5, 0.6) is 5.75 Å². The van der Waals surface area contributed by atoms with Crippen molar-refractivity contribution in [1.29, 1.82) is 0 Å². The van der Waals surface area contributed by atoms with Crippen molar-refractivity contribution in [3.63, 3.8) is 0 Å². The normalized spacial score (nSPS) is 13.5. The predicted octanol–water partition coefficient (Wildman–Crippen LogP) is 1.80. The van der Waals surface area contributed by atoms with E-state index >= 15 is 0 Å². The maximum absolute atomic E-state index is 12.0. The molecular formula is C16H25NO4. The van der Waals surface area contributed by atoms with Crippen LogP contribution in [0.15, 0.2) is 24.3 Å². The molecular weight excluding hydrogens is 270 g/mol. The molecule has 1 amide bonds. The van der Waals surface area contributed by atoms with E-state index in [9.17, 15) is 4.79 Å². The largest absolute Gasteiger partial charge is 0.494 e. The van der Waals surface area contributed by atoms with Gasteiger partial charge in [-0.2, -0.15) is 0 Å². The first-order chi connectivity index (χ1) is 10.0. The van der Waals surface area contributed by atoms with Gasteiger partial charge in [-0.25, -0.2) is 0 Å². The number of ether oxygens (including phenoxy) is 3. The molecule has 1 rings (SSSR count). The Morgan fingerprint density at radius 3 is 2.43 bits per heavy atom. The van der Waals surface area contributed by atoms with Crippen LogP contribution in [0.25, 0.3) is 0 Å². The number of methoxy groups -OCH3 is 2. The average Bonchev–Trinajstić information content (AvgIpc) is 2.48. The number of carbonyl (C=O) groups is 1. The molecule has 0 saturated carbocycles. The SMILES string of the molecule is CCOc1ccc(CC(=O)NC[C@](C)(COC)OC)cc1. The van der Waals surface area contributed by atoms with E-state index in [0.29, 0.717) is 26.2 Å². The van der Waals surface area contributed by atoms with Gasteiger partial charge in [-0.1, -0.05) is 12.1 Å². The van der Waals surface area contributed by atoms with Crippen molar-refractivity contribution in [1.82, 2.24) is 5.32 Å². The van der Waals surface area contributed by atoms with E-state index in [0.717, 1.165) is 11.3 Å². The van der Waals surface area contributed by atoms with Gasteiger partial charge in [-0.05, 0) is 31.5 Å². The number of benzene rings is 1. The lowest BCUT2D eigenvalue weighted by molar-refractivity contribution is -0.122. The van der Waals surface area contributed by atoms with Gasteiger partial charge in [0.05, 0.1) is 19.6 Å². The van der Waals surface area contributed by atoms with Gasteiger partial charge in [0.25, 0.3) is 0 Å². The first kappa shape index (κ1) is 17.5. The van der Waals surface area contributed by atoms with Crippen LogP contribution in [0.1, 0.15) is 19.4 Å². The highest BCUT2D eigenvalue weighted by molar-refractivity contribution is 5.78. The fraction of sp³-hybridized carbons (Fsp3) is 0.562. The first-order valence-electron chi connectivity index (χ1n) is 7.05. The average molecular weight is 295 g/mol. The van der Waals surface area contributed by atoms with Crippen molar-refractivity contribution in [2.75, 3.05) is 34.0 Å². The fourth-order valence-corrected chi connectivity index (χ4v) is 1.89. The molecule has 21 heavy (non-hydrogen) atoms. The second-order valence-electron chi connectivity index (χ2n) is 5.12. The Bertz CT molecular complexity index is 432. The monoisotopic (exact) mass is 295 g/mol. The van der Waals surface area contributed by atoms with Crippen molar-refractivity contribution in [2.45, 2.75) is 25.9 Å². The Labute approximate surface area is 126 Å². The summed E-state index contributed by atoms with van der Waals surface area (Å²) in [6.45, 7) is 5.30. The molecule has 0 aliphatic carbocycles. The van der Waals surface area contributed by atoms with Gasteiger partial charge in [0, 0.05) is 20.8 Å². The summed E-state index contributed by atoms with van der Waals surface area (Å²) in [5.74, 6) is 0.771. The second kappa shape index (κ2) is 8.64. The smallest absolute Gasteiger partial charge is 0.224 e. The second-order valence-corrected chi connectivity index (χ2v) is 5.12. The van der Waals surface area contributed by atoms with Crippen LogP contribution in [0.4, 0.5) is 0 Å². The molecule has 0 saturated heterocycles. The summed E-state index contributed by atoms with van der Waals surface area (Å²) < 4.78 is 15.8. The van der Waals surface area contributed by atoms with E-state index in [-0.39, 0.29) is 5.91 Å². The molecule has 0 bridgehead atoms. The molecule has 1 aromatic rings. The number of rotatable bonds is 9. The molecule has 0 radical (unpaired) electrons. The highest BCUT2D eigenvalue weighted by atomic mass is 16.5. The molecule has 0 unspecified atom stereocenters. The maximum atomic E-state index is 12.0. The molecule has 0 aliphatic heterocycles. The van der Waals surface area contributed by atoms with Gasteiger partial charge in [-0.15, -0.1) is 0 Å². The van der Waals surface area contributed by atoms with E-state index in [1.54, 1.807) is 14.2 Å². The number of hydrogen-bond acceptors (Lipinski definition) is 4. The molecule has 0 fully saturated rings. The van der Waals surface area contributed by atoms with Gasteiger partial charge in [0.2, 0.25) is 5.91 Å². The summed E-state index contributed by atoms with van der Waals surface area (Å²) in [6.07, 6.45) is 0.333. The highest BCUT2D eigenvalue weighted by Gasteiger charge is 2.24. The summed E-state index contributed by atoms with van der Waals surface area (Å²) in [6, 6.07) is 7.54. The molecule has 0 heterocycles. The third kappa shape index (κ3) is 6.14. The standard InChI is InChI=1S/C16H25NO4/c1-5-21-14-8-6-13(7-9-14)10-15(18)17-11-16(2,20-4)12-19-3/h6-9H,5,10-12H2,1-4H3,(H,17,18)/t16-/m1/s1. The van der Waals surface area contributed by atoms with E-state index in [4.69, 9.17) is 14.2 Å². The molecule has 0 aliphatic rings. The van der Waals surface area contributed by atoms with Crippen LogP contribution < -0.4 is 10.1 Å². The third-order valence-corrected chi connectivity index (χ3v) is 3.20.